The summed E-state index contributed by atoms with van der Waals surface area (Å²) in [6, 6.07) is 11.5. The molecular formula is C20H23N3O. The van der Waals surface area contributed by atoms with Crippen LogP contribution in [0.3, 0.4) is 0 Å². The second-order valence-electron chi connectivity index (χ2n) is 5.63. The molecule has 0 saturated carbocycles. The number of hydrogen-bond donors (Lipinski definition) is 1. The predicted octanol–water partition coefficient (Wildman–Crippen LogP) is 4.69. The molecule has 2 rings (SSSR count). The van der Waals surface area contributed by atoms with E-state index < -0.39 is 0 Å². The minimum Gasteiger partial charge on any atom is -0.326 e. The van der Waals surface area contributed by atoms with Gasteiger partial charge in [-0.2, -0.15) is 10.2 Å². The number of amides is 1. The Bertz CT molecular complexity index is 716. The summed E-state index contributed by atoms with van der Waals surface area (Å²) in [7, 11) is 0. The van der Waals surface area contributed by atoms with E-state index in [1.54, 1.807) is 6.08 Å². The number of benzene rings is 1. The number of allylic oxidation sites excluding steroid dienone is 2. The Morgan fingerprint density at radius 3 is 2.50 bits per heavy atom. The third kappa shape index (κ3) is 5.16. The van der Waals surface area contributed by atoms with E-state index in [-0.39, 0.29) is 5.91 Å². The lowest BCUT2D eigenvalue weighted by atomic mass is 10.1. The zero-order valence-corrected chi connectivity index (χ0v) is 14.2. The maximum Gasteiger partial charge on any atom is 0.228 e. The largest absolute Gasteiger partial charge is 0.326 e. The van der Waals surface area contributed by atoms with E-state index in [1.807, 2.05) is 43.3 Å². The fourth-order valence-electron chi connectivity index (χ4n) is 2.23. The van der Waals surface area contributed by atoms with E-state index in [2.05, 4.69) is 35.1 Å². The maximum atomic E-state index is 12.1. The van der Waals surface area contributed by atoms with E-state index >= 15 is 0 Å². The lowest BCUT2D eigenvalue weighted by molar-refractivity contribution is -0.115. The summed E-state index contributed by atoms with van der Waals surface area (Å²) in [6.07, 6.45) is 6.16. The van der Waals surface area contributed by atoms with Crippen LogP contribution in [-0.2, 0) is 4.79 Å². The molecule has 2 aromatic rings. The molecule has 1 heterocycles. The van der Waals surface area contributed by atoms with Crippen molar-refractivity contribution in [2.75, 3.05) is 5.32 Å². The standard InChI is InChI=1S/C20H23N3O/c1-4-6-7-16(5-2)14-20(24)21-18-11-9-17(10-12-18)19-13-8-15(3)22-23-19/h5,7-13H,2,4,6,14H2,1,3H3,(H,21,24)/b16-7+. The van der Waals surface area contributed by atoms with Crippen LogP contribution in [0.4, 0.5) is 5.69 Å². The van der Waals surface area contributed by atoms with Crippen molar-refractivity contribution in [3.05, 3.63) is 66.4 Å². The molecule has 4 nitrogen and oxygen atoms in total. The summed E-state index contributed by atoms with van der Waals surface area (Å²) in [5.74, 6) is -0.0415. The van der Waals surface area contributed by atoms with Crippen molar-refractivity contribution in [2.24, 2.45) is 0 Å². The van der Waals surface area contributed by atoms with Crippen LogP contribution in [0.2, 0.25) is 0 Å². The molecule has 24 heavy (non-hydrogen) atoms. The summed E-state index contributed by atoms with van der Waals surface area (Å²) >= 11 is 0. The third-order valence-electron chi connectivity index (χ3n) is 3.58. The van der Waals surface area contributed by atoms with Gasteiger partial charge in [0.15, 0.2) is 0 Å². The van der Waals surface area contributed by atoms with Crippen molar-refractivity contribution < 1.29 is 4.79 Å². The number of anilines is 1. The smallest absolute Gasteiger partial charge is 0.228 e. The van der Waals surface area contributed by atoms with Gasteiger partial charge in [0.2, 0.25) is 5.91 Å². The minimum absolute atomic E-state index is 0.0415. The second kappa shape index (κ2) is 8.77. The average Bonchev–Trinajstić information content (AvgIpc) is 2.60. The number of carbonyl (C=O) groups excluding carboxylic acids is 1. The molecule has 0 fully saturated rings. The highest BCUT2D eigenvalue weighted by molar-refractivity contribution is 5.92. The molecule has 124 valence electrons. The molecule has 1 aromatic carbocycles. The van der Waals surface area contributed by atoms with Crippen LogP contribution in [0.25, 0.3) is 11.3 Å². The Morgan fingerprint density at radius 1 is 1.17 bits per heavy atom. The van der Waals surface area contributed by atoms with Gasteiger partial charge in [0, 0.05) is 11.3 Å². The molecule has 0 radical (unpaired) electrons. The van der Waals surface area contributed by atoms with Crippen LogP contribution in [0.1, 0.15) is 31.9 Å². The van der Waals surface area contributed by atoms with Gasteiger partial charge in [-0.25, -0.2) is 0 Å². The Morgan fingerprint density at radius 2 is 1.92 bits per heavy atom. The first-order valence-electron chi connectivity index (χ1n) is 8.14. The number of hydrogen-bond acceptors (Lipinski definition) is 3. The molecule has 1 amide bonds. The third-order valence-corrected chi connectivity index (χ3v) is 3.58. The van der Waals surface area contributed by atoms with Crippen LogP contribution >= 0.6 is 0 Å². The Balaban J connectivity index is 1.99. The normalized spacial score (nSPS) is 11.2. The SMILES string of the molecule is C=C/C(=C\CCC)CC(=O)Nc1ccc(-c2ccc(C)nn2)cc1. The van der Waals surface area contributed by atoms with Crippen molar-refractivity contribution in [1.29, 1.82) is 0 Å². The highest BCUT2D eigenvalue weighted by atomic mass is 16.1. The van der Waals surface area contributed by atoms with Crippen molar-refractivity contribution in [3.63, 3.8) is 0 Å². The Kier molecular flexibility index (Phi) is 6.43. The van der Waals surface area contributed by atoms with Gasteiger partial charge in [-0.05, 0) is 43.2 Å². The van der Waals surface area contributed by atoms with E-state index in [1.165, 1.54) is 0 Å². The van der Waals surface area contributed by atoms with Gasteiger partial charge in [-0.1, -0.05) is 44.2 Å². The second-order valence-corrected chi connectivity index (χ2v) is 5.63. The summed E-state index contributed by atoms with van der Waals surface area (Å²) in [5, 5.41) is 11.1. The number of aryl methyl sites for hydroxylation is 1. The van der Waals surface area contributed by atoms with Gasteiger partial charge in [0.05, 0.1) is 17.8 Å². The summed E-state index contributed by atoms with van der Waals surface area (Å²) in [4.78, 5) is 12.1. The number of carbonyl (C=O) groups is 1. The monoisotopic (exact) mass is 321 g/mol. The summed E-state index contributed by atoms with van der Waals surface area (Å²) in [5.41, 5.74) is 4.39. The number of nitrogens with one attached hydrogen (secondary N) is 1. The van der Waals surface area contributed by atoms with Crippen LogP contribution in [0.5, 0.6) is 0 Å². The van der Waals surface area contributed by atoms with Gasteiger partial charge in [0.25, 0.3) is 0 Å². The molecule has 0 aliphatic heterocycles. The fourth-order valence-corrected chi connectivity index (χ4v) is 2.23. The predicted molar refractivity (Wildman–Crippen MR) is 98.6 cm³/mol. The van der Waals surface area contributed by atoms with Crippen molar-refractivity contribution >= 4 is 11.6 Å². The molecule has 0 unspecified atom stereocenters. The number of aromatic nitrogens is 2. The highest BCUT2D eigenvalue weighted by Gasteiger charge is 2.05. The van der Waals surface area contributed by atoms with E-state index in [0.717, 1.165) is 41.1 Å². The van der Waals surface area contributed by atoms with Gasteiger partial charge in [-0.15, -0.1) is 0 Å². The molecular weight excluding hydrogens is 298 g/mol. The first-order chi connectivity index (χ1) is 11.6. The van der Waals surface area contributed by atoms with Gasteiger partial charge in [-0.3, -0.25) is 4.79 Å². The summed E-state index contributed by atoms with van der Waals surface area (Å²) < 4.78 is 0. The van der Waals surface area contributed by atoms with Crippen LogP contribution in [0.15, 0.2) is 60.7 Å². The van der Waals surface area contributed by atoms with Crippen LogP contribution in [0, 0.1) is 6.92 Å². The van der Waals surface area contributed by atoms with Crippen molar-refractivity contribution in [1.82, 2.24) is 10.2 Å². The quantitative estimate of drug-likeness (QED) is 0.752. The zero-order valence-electron chi connectivity index (χ0n) is 14.2. The lowest BCUT2D eigenvalue weighted by Gasteiger charge is -2.07. The molecule has 0 aliphatic carbocycles. The maximum absolute atomic E-state index is 12.1. The average molecular weight is 321 g/mol. The molecule has 0 atom stereocenters. The van der Waals surface area contributed by atoms with Gasteiger partial charge in [0.1, 0.15) is 0 Å². The lowest BCUT2D eigenvalue weighted by Crippen LogP contribution is -2.11. The number of nitrogens with zero attached hydrogens (tertiary/aromatic N) is 2. The summed E-state index contributed by atoms with van der Waals surface area (Å²) in [6.45, 7) is 7.78. The first-order valence-corrected chi connectivity index (χ1v) is 8.14. The molecule has 0 spiro atoms. The zero-order chi connectivity index (χ0) is 17.4. The van der Waals surface area contributed by atoms with E-state index in [4.69, 9.17) is 0 Å². The van der Waals surface area contributed by atoms with Crippen molar-refractivity contribution in [2.45, 2.75) is 33.1 Å². The molecule has 0 bridgehead atoms. The van der Waals surface area contributed by atoms with Crippen LogP contribution in [-0.4, -0.2) is 16.1 Å². The van der Waals surface area contributed by atoms with E-state index in [0.29, 0.717) is 6.42 Å². The number of unbranched alkanes of at least 4 members (excludes halogenated alkanes) is 1. The van der Waals surface area contributed by atoms with Crippen molar-refractivity contribution in [3.8, 4) is 11.3 Å². The van der Waals surface area contributed by atoms with Crippen LogP contribution < -0.4 is 5.32 Å². The highest BCUT2D eigenvalue weighted by Crippen LogP contribution is 2.19. The van der Waals surface area contributed by atoms with Gasteiger partial charge < -0.3 is 5.32 Å². The Hall–Kier alpha value is -2.75. The first kappa shape index (κ1) is 17.6. The molecule has 4 heteroatoms. The van der Waals surface area contributed by atoms with Gasteiger partial charge >= 0.3 is 0 Å². The minimum atomic E-state index is -0.0415. The molecule has 0 saturated heterocycles. The molecule has 1 N–H and O–H groups in total. The fraction of sp³-hybridized carbons (Fsp3) is 0.250. The number of rotatable bonds is 7. The van der Waals surface area contributed by atoms with E-state index in [9.17, 15) is 4.79 Å². The topological polar surface area (TPSA) is 54.9 Å². The Labute approximate surface area is 143 Å². The molecule has 0 aliphatic rings. The molecule has 1 aromatic heterocycles.